The van der Waals surface area contributed by atoms with Gasteiger partial charge in [0.1, 0.15) is 5.75 Å². The van der Waals surface area contributed by atoms with Gasteiger partial charge in [0.2, 0.25) is 11.8 Å². The Morgan fingerprint density at radius 2 is 2.03 bits per heavy atom. The fraction of sp³-hybridized carbons (Fsp3) is 0.231. The summed E-state index contributed by atoms with van der Waals surface area (Å²) >= 11 is 0. The van der Waals surface area contributed by atoms with E-state index in [1.54, 1.807) is 49.5 Å². The number of allylic oxidation sites excluding steroid dienone is 2. The maximum Gasteiger partial charge on any atom is 0.251 e. The highest BCUT2D eigenvalue weighted by atomic mass is 16.5. The number of hydrogen-bond donors (Lipinski definition) is 4. The van der Waals surface area contributed by atoms with Crippen LogP contribution in [0.2, 0.25) is 0 Å². The summed E-state index contributed by atoms with van der Waals surface area (Å²) in [5, 5.41) is 20.1. The number of aryl methyl sites for hydroxylation is 1. The first-order valence-electron chi connectivity index (χ1n) is 11.3. The van der Waals surface area contributed by atoms with Gasteiger partial charge in [-0.05, 0) is 42.8 Å². The summed E-state index contributed by atoms with van der Waals surface area (Å²) in [6.45, 7) is 7.98. The quantitative estimate of drug-likeness (QED) is 0.136. The van der Waals surface area contributed by atoms with Gasteiger partial charge >= 0.3 is 0 Å². The van der Waals surface area contributed by atoms with Crippen LogP contribution < -0.4 is 16.4 Å². The number of phenols is 1. The SMILES string of the molecule is C=C/C(=C(\N=C/C)OC)c1ccc(O)c(CNc2ccc(C(=O)NCc3noc(CC)n3)cc2N)c1. The van der Waals surface area contributed by atoms with Gasteiger partial charge in [0, 0.05) is 35.9 Å². The molecule has 0 unspecified atom stereocenters. The lowest BCUT2D eigenvalue weighted by molar-refractivity contribution is 0.0949. The van der Waals surface area contributed by atoms with Crippen molar-refractivity contribution in [3.05, 3.63) is 83.3 Å². The van der Waals surface area contributed by atoms with Crippen LogP contribution in [0.25, 0.3) is 5.57 Å². The highest BCUT2D eigenvalue weighted by molar-refractivity contribution is 5.96. The number of ether oxygens (including phenoxy) is 1. The molecule has 10 heteroatoms. The monoisotopic (exact) mass is 490 g/mol. The number of carbonyl (C=O) groups excluding carboxylic acids is 1. The number of hydrogen-bond acceptors (Lipinski definition) is 9. The van der Waals surface area contributed by atoms with Crippen molar-refractivity contribution in [3.8, 4) is 5.75 Å². The Morgan fingerprint density at radius 1 is 1.25 bits per heavy atom. The maximum absolute atomic E-state index is 12.5. The van der Waals surface area contributed by atoms with E-state index in [0.717, 1.165) is 5.56 Å². The molecule has 1 amide bonds. The van der Waals surface area contributed by atoms with Crippen molar-refractivity contribution in [2.45, 2.75) is 33.4 Å². The number of methoxy groups -OCH3 is 1. The van der Waals surface area contributed by atoms with Crippen molar-refractivity contribution in [2.75, 3.05) is 18.2 Å². The number of nitrogen functional groups attached to an aromatic ring is 1. The minimum Gasteiger partial charge on any atom is -0.508 e. The molecular formula is C26H30N6O4. The molecule has 3 rings (SSSR count). The van der Waals surface area contributed by atoms with Crippen molar-refractivity contribution in [1.29, 1.82) is 0 Å². The minimum atomic E-state index is -0.311. The number of amides is 1. The zero-order chi connectivity index (χ0) is 26.1. The Balaban J connectivity index is 1.70. The van der Waals surface area contributed by atoms with Gasteiger partial charge in [-0.25, -0.2) is 4.99 Å². The van der Waals surface area contributed by atoms with E-state index in [1.807, 2.05) is 13.0 Å². The number of benzene rings is 2. The molecule has 2 aromatic carbocycles. The first-order chi connectivity index (χ1) is 17.4. The molecular weight excluding hydrogens is 460 g/mol. The predicted molar refractivity (Wildman–Crippen MR) is 139 cm³/mol. The number of aromatic nitrogens is 2. The number of nitrogens with zero attached hydrogens (tertiary/aromatic N) is 3. The fourth-order valence-electron chi connectivity index (χ4n) is 3.40. The van der Waals surface area contributed by atoms with E-state index in [1.165, 1.54) is 7.11 Å². The predicted octanol–water partition coefficient (Wildman–Crippen LogP) is 4.05. The van der Waals surface area contributed by atoms with Crippen LogP contribution in [0, 0.1) is 0 Å². The summed E-state index contributed by atoms with van der Waals surface area (Å²) in [5.41, 5.74) is 9.70. The molecule has 0 bridgehead atoms. The maximum atomic E-state index is 12.5. The molecule has 10 nitrogen and oxygen atoms in total. The van der Waals surface area contributed by atoms with E-state index in [4.69, 9.17) is 15.0 Å². The van der Waals surface area contributed by atoms with Gasteiger partial charge in [-0.3, -0.25) is 4.79 Å². The Labute approximate surface area is 209 Å². The molecule has 0 saturated heterocycles. The summed E-state index contributed by atoms with van der Waals surface area (Å²) < 4.78 is 10.4. The average molecular weight is 491 g/mol. The van der Waals surface area contributed by atoms with Gasteiger partial charge in [-0.2, -0.15) is 4.98 Å². The number of nitrogens with two attached hydrogens (primary N) is 1. The number of rotatable bonds is 11. The second-order valence-corrected chi connectivity index (χ2v) is 7.65. The molecule has 3 aromatic rings. The van der Waals surface area contributed by atoms with Crippen molar-refractivity contribution in [3.63, 3.8) is 0 Å². The number of aliphatic imine (C=N–C) groups is 1. The topological polar surface area (TPSA) is 148 Å². The largest absolute Gasteiger partial charge is 0.508 e. The smallest absolute Gasteiger partial charge is 0.251 e. The first kappa shape index (κ1) is 26.0. The molecule has 36 heavy (non-hydrogen) atoms. The molecule has 1 aromatic heterocycles. The fourth-order valence-corrected chi connectivity index (χ4v) is 3.40. The summed E-state index contributed by atoms with van der Waals surface area (Å²) in [7, 11) is 1.54. The minimum absolute atomic E-state index is 0.120. The zero-order valence-corrected chi connectivity index (χ0v) is 20.5. The van der Waals surface area contributed by atoms with Crippen LogP contribution in [0.4, 0.5) is 11.4 Å². The van der Waals surface area contributed by atoms with Crippen LogP contribution in [0.5, 0.6) is 5.75 Å². The molecule has 0 radical (unpaired) electrons. The second-order valence-electron chi connectivity index (χ2n) is 7.65. The number of phenolic OH excluding ortho intramolecular Hbond substituents is 1. The Kier molecular flexibility index (Phi) is 8.82. The summed E-state index contributed by atoms with van der Waals surface area (Å²) in [5.74, 6) is 1.15. The first-order valence-corrected chi connectivity index (χ1v) is 11.3. The third kappa shape index (κ3) is 6.29. The van der Waals surface area contributed by atoms with Crippen molar-refractivity contribution >= 4 is 29.1 Å². The Morgan fingerprint density at radius 3 is 2.67 bits per heavy atom. The van der Waals surface area contributed by atoms with E-state index in [0.29, 0.717) is 52.1 Å². The van der Waals surface area contributed by atoms with E-state index < -0.39 is 0 Å². The van der Waals surface area contributed by atoms with E-state index >= 15 is 0 Å². The van der Waals surface area contributed by atoms with Gasteiger partial charge in [-0.15, -0.1) is 0 Å². The van der Waals surface area contributed by atoms with Gasteiger partial charge in [0.05, 0.1) is 25.0 Å². The Hall–Kier alpha value is -4.60. The van der Waals surface area contributed by atoms with Crippen molar-refractivity contribution in [2.24, 2.45) is 4.99 Å². The number of nitrogens with one attached hydrogen (secondary N) is 2. The summed E-state index contributed by atoms with van der Waals surface area (Å²) in [4.78, 5) is 20.9. The standard InChI is InChI=1S/C26H30N6O4/c1-5-19(26(35-4)28-7-3)16-9-11-22(33)18(12-16)14-29-21-10-8-17(13-20(21)27)25(34)30-15-23-31-24(6-2)36-32-23/h5,7-13,29,33H,1,6,14-15,27H2,2-4H3,(H,30,34)/b26-19-,28-7-. The van der Waals surface area contributed by atoms with Crippen molar-refractivity contribution in [1.82, 2.24) is 15.5 Å². The lowest BCUT2D eigenvalue weighted by Crippen LogP contribution is -2.23. The molecule has 0 fully saturated rings. The molecule has 0 atom stereocenters. The third-order valence-electron chi connectivity index (χ3n) is 5.27. The number of aromatic hydroxyl groups is 1. The highest BCUT2D eigenvalue weighted by Gasteiger charge is 2.13. The van der Waals surface area contributed by atoms with E-state index in [-0.39, 0.29) is 24.7 Å². The van der Waals surface area contributed by atoms with Gasteiger partial charge in [0.25, 0.3) is 5.91 Å². The molecule has 5 N–H and O–H groups in total. The van der Waals surface area contributed by atoms with E-state index in [9.17, 15) is 9.90 Å². The summed E-state index contributed by atoms with van der Waals surface area (Å²) in [6.07, 6.45) is 3.91. The van der Waals surface area contributed by atoms with Crippen LogP contribution >= 0.6 is 0 Å². The molecule has 0 aliphatic heterocycles. The Bertz CT molecular complexity index is 1300. The summed E-state index contributed by atoms with van der Waals surface area (Å²) in [6, 6.07) is 10.1. The van der Waals surface area contributed by atoms with Gasteiger partial charge in [0.15, 0.2) is 5.82 Å². The van der Waals surface area contributed by atoms with Crippen molar-refractivity contribution < 1.29 is 19.2 Å². The third-order valence-corrected chi connectivity index (χ3v) is 5.27. The normalized spacial score (nSPS) is 11.8. The number of anilines is 2. The van der Waals surface area contributed by atoms with Crippen LogP contribution in [0.1, 0.15) is 47.0 Å². The molecule has 0 aliphatic carbocycles. The van der Waals surface area contributed by atoms with Crippen LogP contribution in [0.3, 0.4) is 0 Å². The van der Waals surface area contributed by atoms with Crippen LogP contribution in [-0.4, -0.2) is 34.5 Å². The average Bonchev–Trinajstić information content (AvgIpc) is 3.36. The molecule has 0 aliphatic rings. The molecule has 1 heterocycles. The van der Waals surface area contributed by atoms with Gasteiger partial charge in [-0.1, -0.05) is 30.8 Å². The molecule has 0 saturated carbocycles. The lowest BCUT2D eigenvalue weighted by atomic mass is 10.0. The zero-order valence-electron chi connectivity index (χ0n) is 20.5. The molecule has 0 spiro atoms. The van der Waals surface area contributed by atoms with Crippen LogP contribution in [-0.2, 0) is 24.2 Å². The molecule has 188 valence electrons. The van der Waals surface area contributed by atoms with E-state index in [2.05, 4.69) is 32.3 Å². The lowest BCUT2D eigenvalue weighted by Gasteiger charge is -2.14. The van der Waals surface area contributed by atoms with Crippen LogP contribution in [0.15, 0.2) is 64.5 Å². The van der Waals surface area contributed by atoms with Gasteiger partial charge < -0.3 is 30.7 Å². The highest BCUT2D eigenvalue weighted by Crippen LogP contribution is 2.28. The second kappa shape index (κ2) is 12.2. The number of carbonyl (C=O) groups is 1.